The molecule has 0 radical (unpaired) electrons. The van der Waals surface area contributed by atoms with E-state index in [4.69, 9.17) is 4.74 Å². The molecule has 0 amide bonds. The van der Waals surface area contributed by atoms with Crippen LogP contribution >= 0.6 is 0 Å². The molecule has 0 saturated carbocycles. The molecular formula is C22H29NO. The van der Waals surface area contributed by atoms with Gasteiger partial charge in [0, 0.05) is 6.54 Å². The molecule has 1 heterocycles. The molecule has 1 unspecified atom stereocenters. The summed E-state index contributed by atoms with van der Waals surface area (Å²) in [6.07, 6.45) is 6.46. The number of likely N-dealkylation sites (tertiary alicyclic amines) is 1. The Hall–Kier alpha value is -1.80. The van der Waals surface area contributed by atoms with Gasteiger partial charge in [-0.15, -0.1) is 0 Å². The van der Waals surface area contributed by atoms with Crippen molar-refractivity contribution in [2.75, 3.05) is 26.7 Å². The average molecular weight is 323 g/mol. The van der Waals surface area contributed by atoms with Gasteiger partial charge in [-0.05, 0) is 68.0 Å². The molecule has 1 atom stereocenters. The number of unbranched alkanes of at least 4 members (excludes halogenated alkanes) is 2. The van der Waals surface area contributed by atoms with E-state index in [9.17, 15) is 0 Å². The number of benzene rings is 2. The van der Waals surface area contributed by atoms with Crippen molar-refractivity contribution in [1.82, 2.24) is 4.90 Å². The maximum Gasteiger partial charge on any atom is 0.118 e. The number of rotatable bonds is 8. The van der Waals surface area contributed by atoms with Gasteiger partial charge in [-0.1, -0.05) is 48.9 Å². The lowest BCUT2D eigenvalue weighted by atomic mass is 9.98. The van der Waals surface area contributed by atoms with Crippen molar-refractivity contribution in [1.29, 1.82) is 0 Å². The highest BCUT2D eigenvalue weighted by Crippen LogP contribution is 2.28. The monoisotopic (exact) mass is 323 g/mol. The van der Waals surface area contributed by atoms with Gasteiger partial charge in [0.05, 0.1) is 7.11 Å². The standard InChI is InChI=1S/C22H29NO/c1-24-22-13-11-20(12-14-22)21-15-17-23(18-21)16-7-3-6-10-19-8-4-2-5-9-19/h2,4-5,8-9,11-14,21H,3,6-7,10,15-18H2,1H3. The third kappa shape index (κ3) is 4.85. The second-order valence-corrected chi connectivity index (χ2v) is 6.86. The van der Waals surface area contributed by atoms with Gasteiger partial charge in [-0.2, -0.15) is 0 Å². The molecule has 0 aliphatic carbocycles. The summed E-state index contributed by atoms with van der Waals surface area (Å²) in [4.78, 5) is 2.64. The first-order chi connectivity index (χ1) is 11.8. The van der Waals surface area contributed by atoms with Crippen molar-refractivity contribution in [2.24, 2.45) is 0 Å². The number of nitrogens with zero attached hydrogens (tertiary/aromatic N) is 1. The highest BCUT2D eigenvalue weighted by Gasteiger charge is 2.23. The maximum atomic E-state index is 5.25. The van der Waals surface area contributed by atoms with Crippen LogP contribution in [0.1, 0.15) is 42.7 Å². The molecule has 0 N–H and O–H groups in total. The van der Waals surface area contributed by atoms with Gasteiger partial charge in [-0.25, -0.2) is 0 Å². The van der Waals surface area contributed by atoms with Crippen molar-refractivity contribution >= 4 is 0 Å². The Bertz CT molecular complexity index is 593. The largest absolute Gasteiger partial charge is 0.497 e. The molecule has 2 aromatic carbocycles. The molecule has 2 nitrogen and oxygen atoms in total. The van der Waals surface area contributed by atoms with Crippen LogP contribution in [-0.2, 0) is 6.42 Å². The first-order valence-electron chi connectivity index (χ1n) is 9.25. The molecule has 1 aliphatic rings. The molecule has 0 spiro atoms. The van der Waals surface area contributed by atoms with Crippen molar-refractivity contribution < 1.29 is 4.74 Å². The fourth-order valence-corrected chi connectivity index (χ4v) is 3.67. The molecule has 3 rings (SSSR count). The predicted octanol–water partition coefficient (Wildman–Crippen LogP) is 4.90. The Morgan fingerprint density at radius 1 is 0.958 bits per heavy atom. The summed E-state index contributed by atoms with van der Waals surface area (Å²) in [7, 11) is 1.73. The van der Waals surface area contributed by atoms with Crippen LogP contribution in [0, 0.1) is 0 Å². The SMILES string of the molecule is COc1ccc(C2CCN(CCCCCc3ccccc3)C2)cc1. The van der Waals surface area contributed by atoms with Crippen LogP contribution in [0.15, 0.2) is 54.6 Å². The lowest BCUT2D eigenvalue weighted by Gasteiger charge is -2.16. The van der Waals surface area contributed by atoms with Gasteiger partial charge >= 0.3 is 0 Å². The molecule has 0 bridgehead atoms. The second-order valence-electron chi connectivity index (χ2n) is 6.86. The molecule has 128 valence electrons. The van der Waals surface area contributed by atoms with E-state index in [1.807, 2.05) is 0 Å². The van der Waals surface area contributed by atoms with Crippen LogP contribution in [-0.4, -0.2) is 31.6 Å². The van der Waals surface area contributed by atoms with E-state index in [2.05, 4.69) is 59.5 Å². The zero-order valence-corrected chi connectivity index (χ0v) is 14.8. The maximum absolute atomic E-state index is 5.25. The summed E-state index contributed by atoms with van der Waals surface area (Å²) in [6, 6.07) is 19.5. The molecule has 1 aliphatic heterocycles. The molecule has 24 heavy (non-hydrogen) atoms. The average Bonchev–Trinajstić information content (AvgIpc) is 3.11. The Morgan fingerprint density at radius 3 is 2.50 bits per heavy atom. The summed E-state index contributed by atoms with van der Waals surface area (Å²) in [5, 5.41) is 0. The molecular weight excluding hydrogens is 294 g/mol. The lowest BCUT2D eigenvalue weighted by Crippen LogP contribution is -2.21. The van der Waals surface area contributed by atoms with Crippen LogP contribution in [0.5, 0.6) is 5.75 Å². The second kappa shape index (κ2) is 8.89. The number of hydrogen-bond donors (Lipinski definition) is 0. The van der Waals surface area contributed by atoms with Crippen LogP contribution in [0.25, 0.3) is 0 Å². The van der Waals surface area contributed by atoms with E-state index >= 15 is 0 Å². The van der Waals surface area contributed by atoms with Crippen molar-refractivity contribution in [3.8, 4) is 5.75 Å². The van der Waals surface area contributed by atoms with Crippen LogP contribution in [0.4, 0.5) is 0 Å². The van der Waals surface area contributed by atoms with Gasteiger partial charge in [0.15, 0.2) is 0 Å². The number of aryl methyl sites for hydroxylation is 1. The number of hydrogen-bond acceptors (Lipinski definition) is 2. The molecule has 1 saturated heterocycles. The Labute approximate surface area is 146 Å². The van der Waals surface area contributed by atoms with Crippen LogP contribution in [0.3, 0.4) is 0 Å². The fourth-order valence-electron chi connectivity index (χ4n) is 3.67. The third-order valence-electron chi connectivity index (χ3n) is 5.14. The Kier molecular flexibility index (Phi) is 6.31. The first kappa shape index (κ1) is 17.0. The van der Waals surface area contributed by atoms with Gasteiger partial charge in [0.2, 0.25) is 0 Å². The molecule has 0 aromatic heterocycles. The topological polar surface area (TPSA) is 12.5 Å². The zero-order chi connectivity index (χ0) is 16.6. The highest BCUT2D eigenvalue weighted by atomic mass is 16.5. The highest BCUT2D eigenvalue weighted by molar-refractivity contribution is 5.30. The number of ether oxygens (including phenoxy) is 1. The minimum atomic E-state index is 0.695. The smallest absolute Gasteiger partial charge is 0.118 e. The van der Waals surface area contributed by atoms with Crippen LogP contribution in [0.2, 0.25) is 0 Å². The summed E-state index contributed by atoms with van der Waals surface area (Å²) in [5.41, 5.74) is 2.93. The van der Waals surface area contributed by atoms with E-state index in [1.165, 1.54) is 62.9 Å². The summed E-state index contributed by atoms with van der Waals surface area (Å²) >= 11 is 0. The van der Waals surface area contributed by atoms with Crippen LogP contribution < -0.4 is 4.74 Å². The normalized spacial score (nSPS) is 18.0. The summed E-state index contributed by atoms with van der Waals surface area (Å²) in [5.74, 6) is 1.65. The molecule has 2 heteroatoms. The van der Waals surface area contributed by atoms with Gasteiger partial charge in [0.25, 0.3) is 0 Å². The summed E-state index contributed by atoms with van der Waals surface area (Å²) in [6.45, 7) is 3.71. The van der Waals surface area contributed by atoms with Gasteiger partial charge < -0.3 is 9.64 Å². The quantitative estimate of drug-likeness (QED) is 0.641. The van der Waals surface area contributed by atoms with Gasteiger partial charge in [-0.3, -0.25) is 0 Å². The molecule has 1 fully saturated rings. The predicted molar refractivity (Wildman–Crippen MR) is 101 cm³/mol. The van der Waals surface area contributed by atoms with E-state index in [0.717, 1.165) is 5.75 Å². The van der Waals surface area contributed by atoms with Gasteiger partial charge in [0.1, 0.15) is 5.75 Å². The van der Waals surface area contributed by atoms with E-state index in [-0.39, 0.29) is 0 Å². The van der Waals surface area contributed by atoms with E-state index in [0.29, 0.717) is 5.92 Å². The fraction of sp³-hybridized carbons (Fsp3) is 0.455. The third-order valence-corrected chi connectivity index (χ3v) is 5.14. The minimum Gasteiger partial charge on any atom is -0.497 e. The Morgan fingerprint density at radius 2 is 1.75 bits per heavy atom. The number of methoxy groups -OCH3 is 1. The van der Waals surface area contributed by atoms with Crippen molar-refractivity contribution in [3.63, 3.8) is 0 Å². The molecule has 2 aromatic rings. The van der Waals surface area contributed by atoms with E-state index in [1.54, 1.807) is 7.11 Å². The van der Waals surface area contributed by atoms with E-state index < -0.39 is 0 Å². The Balaban J connectivity index is 1.34. The zero-order valence-electron chi connectivity index (χ0n) is 14.8. The van der Waals surface area contributed by atoms with Crippen molar-refractivity contribution in [3.05, 3.63) is 65.7 Å². The van der Waals surface area contributed by atoms with Crippen molar-refractivity contribution in [2.45, 2.75) is 38.0 Å². The lowest BCUT2D eigenvalue weighted by molar-refractivity contribution is 0.324. The first-order valence-corrected chi connectivity index (χ1v) is 9.25. The minimum absolute atomic E-state index is 0.695. The summed E-state index contributed by atoms with van der Waals surface area (Å²) < 4.78 is 5.25.